The number of hydrogen-bond donors (Lipinski definition) is 1. The largest absolute Gasteiger partial charge is 0.366 e. The molecule has 4 heteroatoms. The number of carbonyl (C=O) groups is 1. The quantitative estimate of drug-likeness (QED) is 0.519. The molecule has 1 amide bonds. The Morgan fingerprint density at radius 2 is 1.93 bits per heavy atom. The van der Waals surface area contributed by atoms with Crippen molar-refractivity contribution in [2.24, 2.45) is 5.73 Å². The zero-order valence-corrected chi connectivity index (χ0v) is 9.29. The van der Waals surface area contributed by atoms with Crippen LogP contribution in [0.1, 0.15) is 26.7 Å². The van der Waals surface area contributed by atoms with E-state index in [-0.39, 0.29) is 0 Å². The second kappa shape index (κ2) is 5.78. The molecule has 0 aromatic heterocycles. The van der Waals surface area contributed by atoms with Crippen LogP contribution in [0.3, 0.4) is 0 Å². The number of hydrogen-bond acceptors (Lipinski definition) is 3. The zero-order chi connectivity index (χ0) is 11.2. The van der Waals surface area contributed by atoms with E-state index < -0.39 is 11.7 Å². The minimum Gasteiger partial charge on any atom is -0.366 e. The van der Waals surface area contributed by atoms with Crippen LogP contribution in [-0.4, -0.2) is 25.9 Å². The Morgan fingerprint density at radius 3 is 2.21 bits per heavy atom. The van der Waals surface area contributed by atoms with Gasteiger partial charge in [0.15, 0.2) is 5.79 Å². The Hall–Kier alpha value is -0.870. The predicted molar refractivity (Wildman–Crippen MR) is 54.6 cm³/mol. The average Bonchev–Trinajstić information content (AvgIpc) is 2.16. The molecule has 0 aliphatic carbocycles. The van der Waals surface area contributed by atoms with E-state index in [1.807, 2.05) is 6.92 Å². The van der Waals surface area contributed by atoms with Crippen LogP contribution in [-0.2, 0) is 14.3 Å². The Balaban J connectivity index is 4.81. The van der Waals surface area contributed by atoms with E-state index in [0.717, 1.165) is 6.42 Å². The minimum absolute atomic E-state index is 0.446. The molecule has 0 aliphatic rings. The Bertz CT molecular complexity index is 219. The van der Waals surface area contributed by atoms with Crippen molar-refractivity contribution < 1.29 is 14.3 Å². The van der Waals surface area contributed by atoms with Crippen molar-refractivity contribution in [1.82, 2.24) is 0 Å². The number of amides is 1. The van der Waals surface area contributed by atoms with E-state index in [2.05, 4.69) is 0 Å². The maximum Gasteiger partial charge on any atom is 0.244 e. The van der Waals surface area contributed by atoms with Crippen molar-refractivity contribution >= 4 is 5.91 Å². The fourth-order valence-corrected chi connectivity index (χ4v) is 1.23. The molecule has 0 aliphatic heterocycles. The molecule has 0 spiro atoms. The lowest BCUT2D eigenvalue weighted by atomic mass is 10.1. The average molecular weight is 201 g/mol. The molecule has 0 radical (unpaired) electrons. The summed E-state index contributed by atoms with van der Waals surface area (Å²) >= 11 is 0. The van der Waals surface area contributed by atoms with Crippen LogP contribution in [0.15, 0.2) is 11.6 Å². The molecule has 0 fully saturated rings. The monoisotopic (exact) mass is 201 g/mol. The zero-order valence-electron chi connectivity index (χ0n) is 9.29. The summed E-state index contributed by atoms with van der Waals surface area (Å²) in [5, 5.41) is 0. The van der Waals surface area contributed by atoms with Crippen molar-refractivity contribution in [2.75, 3.05) is 14.2 Å². The first-order valence-corrected chi connectivity index (χ1v) is 4.61. The third-order valence-electron chi connectivity index (χ3n) is 2.11. The van der Waals surface area contributed by atoms with Crippen LogP contribution >= 0.6 is 0 Å². The van der Waals surface area contributed by atoms with E-state index in [4.69, 9.17) is 15.2 Å². The molecule has 0 atom stereocenters. The molecule has 82 valence electrons. The highest BCUT2D eigenvalue weighted by Gasteiger charge is 2.26. The highest BCUT2D eigenvalue weighted by Crippen LogP contribution is 2.21. The van der Waals surface area contributed by atoms with Gasteiger partial charge in [-0.25, -0.2) is 0 Å². The molecule has 4 nitrogen and oxygen atoms in total. The van der Waals surface area contributed by atoms with Crippen molar-refractivity contribution in [3.05, 3.63) is 11.6 Å². The molecular formula is C10H19NO3. The van der Waals surface area contributed by atoms with Crippen molar-refractivity contribution in [3.8, 4) is 0 Å². The van der Waals surface area contributed by atoms with E-state index in [9.17, 15) is 4.79 Å². The number of methoxy groups -OCH3 is 2. The number of carbonyl (C=O) groups excluding carboxylic acids is 1. The fourth-order valence-electron chi connectivity index (χ4n) is 1.23. The van der Waals surface area contributed by atoms with Crippen LogP contribution in [0.5, 0.6) is 0 Å². The number of rotatable bonds is 6. The number of ether oxygens (including phenoxy) is 2. The summed E-state index contributed by atoms with van der Waals surface area (Å²) in [7, 11) is 3.09. The second-order valence-corrected chi connectivity index (χ2v) is 3.16. The highest BCUT2D eigenvalue weighted by molar-refractivity contribution is 5.91. The first-order chi connectivity index (χ1) is 6.51. The molecule has 0 unspecified atom stereocenters. The van der Waals surface area contributed by atoms with E-state index in [1.54, 1.807) is 27.2 Å². The van der Waals surface area contributed by atoms with Gasteiger partial charge in [0.1, 0.15) is 0 Å². The van der Waals surface area contributed by atoms with Gasteiger partial charge < -0.3 is 15.2 Å². The van der Waals surface area contributed by atoms with Gasteiger partial charge >= 0.3 is 0 Å². The van der Waals surface area contributed by atoms with E-state index in [0.29, 0.717) is 12.0 Å². The predicted octanol–water partition coefficient (Wildman–Crippen LogP) is 1.21. The summed E-state index contributed by atoms with van der Waals surface area (Å²) in [6.45, 7) is 3.66. The highest BCUT2D eigenvalue weighted by atomic mass is 16.7. The second-order valence-electron chi connectivity index (χ2n) is 3.16. The van der Waals surface area contributed by atoms with Crippen LogP contribution in [0.4, 0.5) is 0 Å². The summed E-state index contributed by atoms with van der Waals surface area (Å²) < 4.78 is 10.5. The van der Waals surface area contributed by atoms with Gasteiger partial charge in [-0.15, -0.1) is 0 Å². The van der Waals surface area contributed by atoms with E-state index in [1.165, 1.54) is 0 Å². The van der Waals surface area contributed by atoms with Gasteiger partial charge in [0, 0.05) is 26.2 Å². The topological polar surface area (TPSA) is 61.6 Å². The van der Waals surface area contributed by atoms with Crippen molar-refractivity contribution in [3.63, 3.8) is 0 Å². The Labute approximate surface area is 85.1 Å². The third kappa shape index (κ3) is 3.47. The van der Waals surface area contributed by atoms with Gasteiger partial charge in [0.05, 0.1) is 0 Å². The van der Waals surface area contributed by atoms with Gasteiger partial charge in [-0.3, -0.25) is 4.79 Å². The minimum atomic E-state index is -0.826. The van der Waals surface area contributed by atoms with Crippen LogP contribution in [0.2, 0.25) is 0 Å². The normalized spacial score (nSPS) is 13.0. The molecule has 2 N–H and O–H groups in total. The number of nitrogens with two attached hydrogens (primary N) is 1. The van der Waals surface area contributed by atoms with Gasteiger partial charge in [0.25, 0.3) is 0 Å². The van der Waals surface area contributed by atoms with Gasteiger partial charge in [-0.05, 0) is 13.0 Å². The smallest absolute Gasteiger partial charge is 0.244 e. The third-order valence-corrected chi connectivity index (χ3v) is 2.11. The van der Waals surface area contributed by atoms with Crippen molar-refractivity contribution in [1.29, 1.82) is 0 Å². The number of primary amides is 1. The maximum atomic E-state index is 10.9. The molecule has 14 heavy (non-hydrogen) atoms. The summed E-state index contributed by atoms with van der Waals surface area (Å²) in [6.07, 6.45) is 3.20. The van der Waals surface area contributed by atoms with E-state index >= 15 is 0 Å². The molecule has 0 bridgehead atoms. The fraction of sp³-hybridized carbons (Fsp3) is 0.700. The molecule has 0 saturated carbocycles. The van der Waals surface area contributed by atoms with Crippen LogP contribution < -0.4 is 5.73 Å². The summed E-state index contributed by atoms with van der Waals surface area (Å²) in [5.41, 5.74) is 5.58. The first-order valence-electron chi connectivity index (χ1n) is 4.61. The lowest BCUT2D eigenvalue weighted by molar-refractivity contribution is -0.174. The summed E-state index contributed by atoms with van der Waals surface area (Å²) in [5.74, 6) is -1.28. The standard InChI is InChI=1S/C10H19NO3/c1-5-6-10(13-3,14-4)7-8(2)9(11)12/h7H,5-6H2,1-4H3,(H2,11,12). The lowest BCUT2D eigenvalue weighted by Crippen LogP contribution is -2.32. The molecule has 0 aromatic carbocycles. The first kappa shape index (κ1) is 13.1. The Kier molecular flexibility index (Phi) is 5.42. The van der Waals surface area contributed by atoms with Crippen LogP contribution in [0, 0.1) is 0 Å². The molecule has 0 heterocycles. The maximum absolute atomic E-state index is 10.9. The van der Waals surface area contributed by atoms with Gasteiger partial charge in [-0.2, -0.15) is 0 Å². The van der Waals surface area contributed by atoms with Crippen LogP contribution in [0.25, 0.3) is 0 Å². The van der Waals surface area contributed by atoms with Gasteiger partial charge in [0.2, 0.25) is 5.91 Å². The molecule has 0 saturated heterocycles. The van der Waals surface area contributed by atoms with Gasteiger partial charge in [-0.1, -0.05) is 13.3 Å². The Morgan fingerprint density at radius 1 is 1.43 bits per heavy atom. The molecular weight excluding hydrogens is 182 g/mol. The lowest BCUT2D eigenvalue weighted by Gasteiger charge is -2.27. The summed E-state index contributed by atoms with van der Waals surface area (Å²) in [6, 6.07) is 0. The van der Waals surface area contributed by atoms with Crippen molar-refractivity contribution in [2.45, 2.75) is 32.5 Å². The SMILES string of the molecule is CCCC(C=C(C)C(N)=O)(OC)OC. The molecule has 0 rings (SSSR count). The summed E-state index contributed by atoms with van der Waals surface area (Å²) in [4.78, 5) is 10.9. The molecule has 0 aromatic rings.